The van der Waals surface area contributed by atoms with E-state index in [2.05, 4.69) is 5.32 Å². The Morgan fingerprint density at radius 1 is 1.37 bits per heavy atom. The predicted octanol–water partition coefficient (Wildman–Crippen LogP) is 1.90. The Labute approximate surface area is 109 Å². The van der Waals surface area contributed by atoms with E-state index in [0.717, 1.165) is 5.69 Å². The van der Waals surface area contributed by atoms with Gasteiger partial charge in [0.05, 0.1) is 6.61 Å². The zero-order valence-corrected chi connectivity index (χ0v) is 10.7. The number of rotatable bonds is 4. The molecule has 1 heterocycles. The van der Waals surface area contributed by atoms with Gasteiger partial charge in [-0.15, -0.1) is 0 Å². The van der Waals surface area contributed by atoms with Crippen molar-refractivity contribution >= 4 is 17.5 Å². The molecule has 1 aromatic heterocycles. The van der Waals surface area contributed by atoms with Crippen LogP contribution in [-0.2, 0) is 11.8 Å². The molecule has 0 spiro atoms. The molecule has 0 bridgehead atoms. The lowest BCUT2D eigenvalue weighted by molar-refractivity contribution is 0.0524. The van der Waals surface area contributed by atoms with Crippen molar-refractivity contribution in [3.05, 3.63) is 46.3 Å². The van der Waals surface area contributed by atoms with Crippen LogP contribution in [0, 0.1) is 0 Å². The van der Waals surface area contributed by atoms with Crippen molar-refractivity contribution in [3.63, 3.8) is 0 Å². The molecule has 1 N–H and O–H groups in total. The van der Waals surface area contributed by atoms with Gasteiger partial charge in [0.2, 0.25) is 0 Å². The molecule has 6 heteroatoms. The van der Waals surface area contributed by atoms with Crippen LogP contribution in [-0.4, -0.2) is 17.3 Å². The third-order valence-electron chi connectivity index (χ3n) is 2.49. The Morgan fingerprint density at radius 2 is 2.05 bits per heavy atom. The highest BCUT2D eigenvalue weighted by molar-refractivity contribution is 5.95. The first-order valence-electron chi connectivity index (χ1n) is 5.83. The lowest BCUT2D eigenvalue weighted by Gasteiger charge is -2.07. The van der Waals surface area contributed by atoms with Crippen molar-refractivity contribution in [1.29, 1.82) is 0 Å². The number of anilines is 2. The standard InChI is InChI=1S/C13H14N2O4/c1-3-18-12(16)10-11(15(2)19-13(10)17)14-9-7-5-4-6-8-9/h4-8,14H,3H2,1-2H3. The molecule has 2 rings (SSSR count). The van der Waals surface area contributed by atoms with E-state index < -0.39 is 11.6 Å². The maximum Gasteiger partial charge on any atom is 0.374 e. The molecule has 6 nitrogen and oxygen atoms in total. The molecule has 19 heavy (non-hydrogen) atoms. The molecule has 0 unspecified atom stereocenters. The van der Waals surface area contributed by atoms with Gasteiger partial charge < -0.3 is 14.6 Å². The minimum absolute atomic E-state index is 0.131. The summed E-state index contributed by atoms with van der Waals surface area (Å²) in [5.74, 6) is -0.426. The number of nitrogens with zero attached hydrogens (tertiary/aromatic N) is 1. The van der Waals surface area contributed by atoms with Crippen LogP contribution in [0.4, 0.5) is 11.5 Å². The van der Waals surface area contributed by atoms with Crippen LogP contribution in [0.5, 0.6) is 0 Å². The maximum atomic E-state index is 11.8. The SMILES string of the molecule is CCOC(=O)c1c(Nc2ccccc2)n(C)oc1=O. The van der Waals surface area contributed by atoms with E-state index in [1.165, 1.54) is 11.8 Å². The van der Waals surface area contributed by atoms with Crippen molar-refractivity contribution in [2.75, 3.05) is 11.9 Å². The normalized spacial score (nSPS) is 10.2. The molecular weight excluding hydrogens is 248 g/mol. The van der Waals surface area contributed by atoms with Gasteiger partial charge in [-0.25, -0.2) is 9.59 Å². The smallest absolute Gasteiger partial charge is 0.374 e. The number of hydrogen-bond donors (Lipinski definition) is 1. The minimum atomic E-state index is -0.723. The van der Waals surface area contributed by atoms with E-state index >= 15 is 0 Å². The van der Waals surface area contributed by atoms with Crippen molar-refractivity contribution in [3.8, 4) is 0 Å². The number of para-hydroxylation sites is 1. The van der Waals surface area contributed by atoms with Gasteiger partial charge >= 0.3 is 11.6 Å². The fraction of sp³-hybridized carbons (Fsp3) is 0.231. The number of carbonyl (C=O) groups is 1. The Hall–Kier alpha value is -2.50. The van der Waals surface area contributed by atoms with Crippen molar-refractivity contribution in [2.45, 2.75) is 6.92 Å². The average molecular weight is 262 g/mol. The highest BCUT2D eigenvalue weighted by atomic mass is 16.5. The molecule has 0 saturated heterocycles. The van der Waals surface area contributed by atoms with Crippen LogP contribution in [0.25, 0.3) is 0 Å². The van der Waals surface area contributed by atoms with Crippen LogP contribution in [0.2, 0.25) is 0 Å². The average Bonchev–Trinajstić information content (AvgIpc) is 2.66. The summed E-state index contributed by atoms with van der Waals surface area (Å²) in [4.78, 5) is 23.4. The van der Waals surface area contributed by atoms with E-state index in [1.807, 2.05) is 30.3 Å². The number of nitrogens with one attached hydrogen (secondary N) is 1. The zero-order valence-electron chi connectivity index (χ0n) is 10.7. The lowest BCUT2D eigenvalue weighted by Crippen LogP contribution is -2.15. The molecule has 0 aliphatic rings. The summed E-state index contributed by atoms with van der Waals surface area (Å²) in [6.07, 6.45) is 0. The Balaban J connectivity index is 2.40. The highest BCUT2D eigenvalue weighted by Crippen LogP contribution is 2.19. The maximum absolute atomic E-state index is 11.8. The first-order valence-corrected chi connectivity index (χ1v) is 5.83. The molecule has 0 aliphatic carbocycles. The number of ether oxygens (including phenoxy) is 1. The van der Waals surface area contributed by atoms with Crippen LogP contribution in [0.1, 0.15) is 17.3 Å². The summed E-state index contributed by atoms with van der Waals surface area (Å²) in [7, 11) is 1.54. The van der Waals surface area contributed by atoms with E-state index in [9.17, 15) is 9.59 Å². The molecule has 2 aromatic rings. The second-order valence-electron chi connectivity index (χ2n) is 3.81. The van der Waals surface area contributed by atoms with Crippen molar-refractivity contribution in [1.82, 2.24) is 4.74 Å². The number of hydrogen-bond acceptors (Lipinski definition) is 5. The topological polar surface area (TPSA) is 73.5 Å². The number of benzene rings is 1. The van der Waals surface area contributed by atoms with E-state index in [1.54, 1.807) is 6.92 Å². The van der Waals surface area contributed by atoms with E-state index in [0.29, 0.717) is 0 Å². The molecule has 0 saturated carbocycles. The van der Waals surface area contributed by atoms with Crippen LogP contribution < -0.4 is 10.9 Å². The second-order valence-corrected chi connectivity index (χ2v) is 3.81. The fourth-order valence-corrected chi connectivity index (χ4v) is 1.65. The Kier molecular flexibility index (Phi) is 3.70. The Bertz CT molecular complexity index is 628. The summed E-state index contributed by atoms with van der Waals surface area (Å²) >= 11 is 0. The van der Waals surface area contributed by atoms with Gasteiger partial charge in [-0.3, -0.25) is 0 Å². The van der Waals surface area contributed by atoms with Gasteiger partial charge in [-0.2, -0.15) is 4.74 Å². The van der Waals surface area contributed by atoms with Gasteiger partial charge in [0.25, 0.3) is 0 Å². The predicted molar refractivity (Wildman–Crippen MR) is 69.6 cm³/mol. The molecule has 0 aliphatic heterocycles. The second kappa shape index (κ2) is 5.43. The molecule has 0 fully saturated rings. The molecule has 0 amide bonds. The third-order valence-corrected chi connectivity index (χ3v) is 2.49. The molecule has 1 aromatic carbocycles. The summed E-state index contributed by atoms with van der Waals surface area (Å²) in [5.41, 5.74) is -0.114. The minimum Gasteiger partial charge on any atom is -0.462 e. The first kappa shape index (κ1) is 12.9. The highest BCUT2D eigenvalue weighted by Gasteiger charge is 2.23. The number of esters is 1. The van der Waals surface area contributed by atoms with Crippen LogP contribution in [0.3, 0.4) is 0 Å². The summed E-state index contributed by atoms with van der Waals surface area (Å²) in [6.45, 7) is 1.87. The van der Waals surface area contributed by atoms with Gasteiger partial charge in [0.15, 0.2) is 11.4 Å². The molecule has 100 valence electrons. The third kappa shape index (κ3) is 2.67. The molecular formula is C13H14N2O4. The van der Waals surface area contributed by atoms with Gasteiger partial charge in [-0.05, 0) is 19.1 Å². The van der Waals surface area contributed by atoms with E-state index in [-0.39, 0.29) is 18.0 Å². The Morgan fingerprint density at radius 3 is 2.68 bits per heavy atom. The van der Waals surface area contributed by atoms with Crippen LogP contribution >= 0.6 is 0 Å². The van der Waals surface area contributed by atoms with Gasteiger partial charge in [-0.1, -0.05) is 18.2 Å². The number of aromatic nitrogens is 1. The zero-order chi connectivity index (χ0) is 13.8. The van der Waals surface area contributed by atoms with E-state index in [4.69, 9.17) is 9.26 Å². The summed E-state index contributed by atoms with van der Waals surface area (Å²) in [6, 6.07) is 9.17. The van der Waals surface area contributed by atoms with Gasteiger partial charge in [0, 0.05) is 12.7 Å². The largest absolute Gasteiger partial charge is 0.462 e. The van der Waals surface area contributed by atoms with Crippen molar-refractivity contribution < 1.29 is 14.1 Å². The monoisotopic (exact) mass is 262 g/mol. The number of carbonyl (C=O) groups excluding carboxylic acids is 1. The molecule has 0 radical (unpaired) electrons. The fourth-order valence-electron chi connectivity index (χ4n) is 1.65. The van der Waals surface area contributed by atoms with Crippen LogP contribution in [0.15, 0.2) is 39.6 Å². The summed E-state index contributed by atoms with van der Waals surface area (Å²) in [5, 5.41) is 2.97. The van der Waals surface area contributed by atoms with Crippen molar-refractivity contribution in [2.24, 2.45) is 7.05 Å². The number of aryl methyl sites for hydroxylation is 1. The first-order chi connectivity index (χ1) is 9.13. The quantitative estimate of drug-likeness (QED) is 0.852. The molecule has 0 atom stereocenters. The lowest BCUT2D eigenvalue weighted by atomic mass is 10.3. The van der Waals surface area contributed by atoms with Gasteiger partial charge in [0.1, 0.15) is 0 Å². The summed E-state index contributed by atoms with van der Waals surface area (Å²) < 4.78 is 10.9.